The number of amides is 3. The smallest absolute Gasteiger partial charge is 0.326 e. The first-order valence-corrected chi connectivity index (χ1v) is 17.1. The number of urea groups is 1. The number of hydrogen-bond donors (Lipinski definition) is 2. The third-order valence-corrected chi connectivity index (χ3v) is 10.3. The van der Waals surface area contributed by atoms with E-state index < -0.39 is 17.0 Å². The molecule has 0 saturated carbocycles. The van der Waals surface area contributed by atoms with Gasteiger partial charge in [-0.25, -0.2) is 4.79 Å². The second-order valence-electron chi connectivity index (χ2n) is 14.0. The number of halogens is 2. The molecule has 0 spiro atoms. The Morgan fingerprint density at radius 3 is 2.19 bits per heavy atom. The minimum absolute atomic E-state index is 0.105. The Labute approximate surface area is 293 Å². The minimum Gasteiger partial charge on any atom is -0.493 e. The van der Waals surface area contributed by atoms with Gasteiger partial charge in [-0.15, -0.1) is 0 Å². The Bertz CT molecular complexity index is 1690. The van der Waals surface area contributed by atoms with Crippen molar-refractivity contribution in [2.75, 3.05) is 32.8 Å². The monoisotopic (exact) mass is 693 g/mol. The fourth-order valence-corrected chi connectivity index (χ4v) is 7.03. The number of aromatic nitrogens is 1. The van der Waals surface area contributed by atoms with E-state index in [2.05, 4.69) is 26.1 Å². The van der Waals surface area contributed by atoms with Crippen LogP contribution in [0.4, 0.5) is 4.79 Å². The summed E-state index contributed by atoms with van der Waals surface area (Å²) in [5, 5.41) is 13.2. The van der Waals surface area contributed by atoms with Crippen molar-refractivity contribution in [3.05, 3.63) is 93.2 Å². The van der Waals surface area contributed by atoms with Crippen LogP contribution in [0.1, 0.15) is 70.9 Å². The predicted molar refractivity (Wildman–Crippen MR) is 190 cm³/mol. The summed E-state index contributed by atoms with van der Waals surface area (Å²) in [6.07, 6.45) is 1.75. The number of aliphatic hydroxyl groups excluding tert-OH is 1. The Hall–Kier alpha value is -3.66. The van der Waals surface area contributed by atoms with Crippen molar-refractivity contribution in [2.24, 2.45) is 16.8 Å². The molecule has 4 atom stereocenters. The van der Waals surface area contributed by atoms with Crippen LogP contribution in [-0.2, 0) is 21.3 Å². The fourth-order valence-electron chi connectivity index (χ4n) is 6.77. The van der Waals surface area contributed by atoms with E-state index in [1.54, 1.807) is 16.0 Å². The number of carbonyl (C=O) groups is 2. The molecule has 2 aromatic carbocycles. The predicted octanol–water partition coefficient (Wildman–Crippen LogP) is 6.77. The molecule has 1 fully saturated rings. The van der Waals surface area contributed by atoms with E-state index in [4.69, 9.17) is 37.9 Å². The van der Waals surface area contributed by atoms with Crippen molar-refractivity contribution in [2.45, 2.75) is 65.0 Å². The van der Waals surface area contributed by atoms with E-state index >= 15 is 4.79 Å². The number of nitrogens with zero attached hydrogens (tertiary/aromatic N) is 4. The molecule has 4 unspecified atom stereocenters. The number of amidine groups is 1. The fraction of sp³-hybridized carbons (Fsp3) is 0.459. The maximum Gasteiger partial charge on any atom is 0.326 e. The van der Waals surface area contributed by atoms with Crippen LogP contribution in [0.25, 0.3) is 0 Å². The molecule has 0 radical (unpaired) electrons. The van der Waals surface area contributed by atoms with Crippen LogP contribution in [0.5, 0.6) is 5.75 Å². The van der Waals surface area contributed by atoms with Gasteiger partial charge in [0.2, 0.25) is 5.91 Å². The van der Waals surface area contributed by atoms with Gasteiger partial charge in [0, 0.05) is 53.1 Å². The van der Waals surface area contributed by atoms with Crippen LogP contribution in [0.2, 0.25) is 10.0 Å². The maximum absolute atomic E-state index is 15.2. The number of nitrogens with one attached hydrogen (secondary N) is 1. The quantitative estimate of drug-likeness (QED) is 0.271. The molecule has 5 rings (SSSR count). The van der Waals surface area contributed by atoms with Crippen molar-refractivity contribution in [1.82, 2.24) is 20.1 Å². The summed E-state index contributed by atoms with van der Waals surface area (Å²) in [7, 11) is 0. The topological polar surface area (TPSA) is 107 Å². The minimum atomic E-state index is -1.09. The second-order valence-corrected chi connectivity index (χ2v) is 14.8. The summed E-state index contributed by atoms with van der Waals surface area (Å²) < 4.78 is 6.24. The molecule has 0 aliphatic carbocycles. The molecule has 48 heavy (non-hydrogen) atoms. The summed E-state index contributed by atoms with van der Waals surface area (Å²) in [6.45, 7) is 15.2. The Balaban J connectivity index is 1.74. The first kappa shape index (κ1) is 35.6. The molecular weight excluding hydrogens is 649 g/mol. The van der Waals surface area contributed by atoms with Gasteiger partial charge in [0.05, 0.1) is 24.7 Å². The molecular formula is C37H45Cl2N5O4. The van der Waals surface area contributed by atoms with Crippen molar-refractivity contribution in [1.29, 1.82) is 0 Å². The second kappa shape index (κ2) is 13.7. The van der Waals surface area contributed by atoms with Gasteiger partial charge >= 0.3 is 6.03 Å². The van der Waals surface area contributed by atoms with E-state index in [9.17, 15) is 9.90 Å². The lowest BCUT2D eigenvalue weighted by Crippen LogP contribution is -2.58. The lowest BCUT2D eigenvalue weighted by molar-refractivity contribution is -0.125. The Kier molecular flexibility index (Phi) is 10.2. The van der Waals surface area contributed by atoms with Crippen LogP contribution in [-0.4, -0.2) is 70.5 Å². The molecule has 1 saturated heterocycles. The number of ether oxygens (including phenoxy) is 1. The van der Waals surface area contributed by atoms with E-state index in [-0.39, 0.29) is 43.0 Å². The van der Waals surface area contributed by atoms with Crippen LogP contribution in [0.3, 0.4) is 0 Å². The van der Waals surface area contributed by atoms with Gasteiger partial charge in [0.1, 0.15) is 22.7 Å². The average molecular weight is 695 g/mol. The molecule has 1 aromatic heterocycles. The summed E-state index contributed by atoms with van der Waals surface area (Å²) in [5.74, 6) is 0.261. The molecule has 2 N–H and O–H groups in total. The third kappa shape index (κ3) is 6.40. The SMILES string of the molecule is CCOc1cc(C(C)(C)C)ncc1C1=NC(C)(c2ccc(Cl)cc2)C(C)(c2ccc(Cl)cc2)N1C(=O)N1CC(C)C(C(=O)NCCO)C1. The number of aliphatic hydroxyl groups is 1. The summed E-state index contributed by atoms with van der Waals surface area (Å²) in [6, 6.07) is 16.7. The van der Waals surface area contributed by atoms with Gasteiger partial charge in [-0.1, -0.05) is 75.2 Å². The normalized spacial score (nSPS) is 24.1. The van der Waals surface area contributed by atoms with Gasteiger partial charge in [0.25, 0.3) is 0 Å². The van der Waals surface area contributed by atoms with E-state index in [0.29, 0.717) is 40.3 Å². The molecule has 11 heteroatoms. The summed E-state index contributed by atoms with van der Waals surface area (Å²) in [4.78, 5) is 42.0. The first-order valence-electron chi connectivity index (χ1n) is 16.4. The zero-order valence-electron chi connectivity index (χ0n) is 28.7. The summed E-state index contributed by atoms with van der Waals surface area (Å²) in [5.41, 5.74) is 0.738. The zero-order valence-corrected chi connectivity index (χ0v) is 30.2. The zero-order chi connectivity index (χ0) is 35.0. The van der Waals surface area contributed by atoms with Gasteiger partial charge in [-0.3, -0.25) is 19.7 Å². The van der Waals surface area contributed by atoms with Crippen molar-refractivity contribution >= 4 is 41.0 Å². The number of benzene rings is 2. The highest BCUT2D eigenvalue weighted by atomic mass is 35.5. The van der Waals surface area contributed by atoms with Crippen LogP contribution in [0.15, 0.2) is 65.8 Å². The number of carbonyl (C=O) groups excluding carboxylic acids is 2. The molecule has 2 aliphatic rings. The number of hydrogen-bond acceptors (Lipinski definition) is 6. The maximum atomic E-state index is 15.2. The van der Waals surface area contributed by atoms with Gasteiger partial charge < -0.3 is 20.1 Å². The molecule has 3 amide bonds. The van der Waals surface area contributed by atoms with Crippen LogP contribution < -0.4 is 10.1 Å². The molecule has 0 bridgehead atoms. The highest BCUT2D eigenvalue weighted by molar-refractivity contribution is 6.30. The molecule has 2 aliphatic heterocycles. The highest BCUT2D eigenvalue weighted by Gasteiger charge is 2.61. The van der Waals surface area contributed by atoms with E-state index in [1.165, 1.54) is 0 Å². The summed E-state index contributed by atoms with van der Waals surface area (Å²) >= 11 is 12.7. The first-order chi connectivity index (χ1) is 22.6. The Morgan fingerprint density at radius 1 is 1.02 bits per heavy atom. The van der Waals surface area contributed by atoms with Crippen molar-refractivity contribution in [3.63, 3.8) is 0 Å². The molecule has 256 valence electrons. The molecule has 9 nitrogen and oxygen atoms in total. The molecule has 3 heterocycles. The number of likely N-dealkylation sites (tertiary alicyclic amines) is 1. The highest BCUT2D eigenvalue weighted by Crippen LogP contribution is 2.54. The van der Waals surface area contributed by atoms with Crippen LogP contribution >= 0.6 is 23.2 Å². The lowest BCUT2D eigenvalue weighted by Gasteiger charge is -2.46. The average Bonchev–Trinajstić information content (AvgIpc) is 3.55. The van der Waals surface area contributed by atoms with Crippen molar-refractivity contribution in [3.8, 4) is 5.75 Å². The van der Waals surface area contributed by atoms with E-state index in [0.717, 1.165) is 16.8 Å². The van der Waals surface area contributed by atoms with Crippen LogP contribution in [0, 0.1) is 11.8 Å². The van der Waals surface area contributed by atoms with Crippen molar-refractivity contribution < 1.29 is 19.4 Å². The number of pyridine rings is 1. The largest absolute Gasteiger partial charge is 0.493 e. The number of rotatable bonds is 8. The molecule has 3 aromatic rings. The van der Waals surface area contributed by atoms with Gasteiger partial charge in [-0.05, 0) is 62.1 Å². The van der Waals surface area contributed by atoms with E-state index in [1.807, 2.05) is 82.3 Å². The lowest BCUT2D eigenvalue weighted by atomic mass is 9.71. The van der Waals surface area contributed by atoms with Gasteiger partial charge in [0.15, 0.2) is 0 Å². The standard InChI is InChI=1S/C37H45Cl2N5O4/c1-8-48-30-19-31(35(3,4)5)41-20-28(30)32-42-36(6,24-9-13-26(38)14-10-24)37(7,25-11-15-27(39)16-12-25)44(32)34(47)43-21-23(2)29(22-43)33(46)40-17-18-45/h9-16,19-20,23,29,45H,8,17-18,21-22H2,1-7H3,(H,40,46). The number of aliphatic imine (C=N–C) groups is 1. The Morgan fingerprint density at radius 2 is 1.62 bits per heavy atom. The third-order valence-electron chi connectivity index (χ3n) is 9.75. The van der Waals surface area contributed by atoms with Gasteiger partial charge in [-0.2, -0.15) is 0 Å².